The molecule has 1 aromatic carbocycles. The van der Waals surface area contributed by atoms with E-state index in [1.165, 1.54) is 0 Å². The summed E-state index contributed by atoms with van der Waals surface area (Å²) in [6, 6.07) is 9.38. The summed E-state index contributed by atoms with van der Waals surface area (Å²) in [5.41, 5.74) is -0.0187. The van der Waals surface area contributed by atoms with Crippen molar-refractivity contribution in [3.8, 4) is 0 Å². The van der Waals surface area contributed by atoms with Gasteiger partial charge >= 0.3 is 11.9 Å². The Hall–Kier alpha value is -2.41. The van der Waals surface area contributed by atoms with Crippen LogP contribution in [-0.4, -0.2) is 42.2 Å². The van der Waals surface area contributed by atoms with Gasteiger partial charge in [0.25, 0.3) is 0 Å². The van der Waals surface area contributed by atoms with E-state index < -0.39 is 17.4 Å². The van der Waals surface area contributed by atoms with E-state index in [4.69, 9.17) is 9.47 Å². The number of amides is 1. The van der Waals surface area contributed by atoms with Gasteiger partial charge in [-0.1, -0.05) is 58.0 Å². The fourth-order valence-electron chi connectivity index (χ4n) is 2.78. The quantitative estimate of drug-likeness (QED) is 0.375. The molecule has 2 N–H and O–H groups in total. The number of esters is 2. The molecule has 1 aromatic rings. The Morgan fingerprint density at radius 2 is 1.70 bits per heavy atom. The van der Waals surface area contributed by atoms with Crippen LogP contribution in [0.15, 0.2) is 30.3 Å². The van der Waals surface area contributed by atoms with Crippen LogP contribution in [0.4, 0.5) is 0 Å². The zero-order chi connectivity index (χ0) is 22.6. The fourth-order valence-corrected chi connectivity index (χ4v) is 2.78. The van der Waals surface area contributed by atoms with Gasteiger partial charge in [0.2, 0.25) is 5.91 Å². The molecule has 1 rings (SSSR count). The number of nitrogens with one attached hydrogen (secondary N) is 1. The maximum Gasteiger partial charge on any atom is 0.308 e. The second-order valence-electron chi connectivity index (χ2n) is 8.05. The van der Waals surface area contributed by atoms with Crippen molar-refractivity contribution in [2.75, 3.05) is 13.2 Å². The molecule has 0 radical (unpaired) electrons. The minimum absolute atomic E-state index is 0.0528. The highest BCUT2D eigenvalue weighted by Crippen LogP contribution is 2.23. The summed E-state index contributed by atoms with van der Waals surface area (Å²) in [6.07, 6.45) is 0.603. The van der Waals surface area contributed by atoms with Crippen molar-refractivity contribution in [2.45, 2.75) is 66.1 Å². The van der Waals surface area contributed by atoms with Crippen LogP contribution >= 0.6 is 0 Å². The molecule has 0 fully saturated rings. The standard InChI is InChI=1S/C23H35NO6/c1-5-18(6-2)22(28)30-16-23(3,4)20(26)21(27)24-14-10-13-19(25)29-15-17-11-8-7-9-12-17/h7-9,11-12,18,20,26H,5-6,10,13-16H2,1-4H3,(H,24,27). The van der Waals surface area contributed by atoms with Gasteiger partial charge in [-0.25, -0.2) is 0 Å². The van der Waals surface area contributed by atoms with Gasteiger partial charge in [0, 0.05) is 18.4 Å². The molecule has 7 heteroatoms. The first-order valence-electron chi connectivity index (χ1n) is 10.5. The number of aliphatic hydroxyl groups is 1. The Labute approximate surface area is 179 Å². The maximum atomic E-state index is 12.2. The van der Waals surface area contributed by atoms with E-state index in [0.29, 0.717) is 19.3 Å². The Bertz CT molecular complexity index is 670. The highest BCUT2D eigenvalue weighted by molar-refractivity contribution is 5.81. The third-order valence-electron chi connectivity index (χ3n) is 4.99. The molecule has 0 aromatic heterocycles. The van der Waals surface area contributed by atoms with Crippen molar-refractivity contribution in [1.29, 1.82) is 0 Å². The molecule has 30 heavy (non-hydrogen) atoms. The van der Waals surface area contributed by atoms with Gasteiger partial charge in [0.05, 0.1) is 12.5 Å². The van der Waals surface area contributed by atoms with Crippen LogP contribution in [0, 0.1) is 11.3 Å². The third-order valence-corrected chi connectivity index (χ3v) is 4.99. The predicted molar refractivity (Wildman–Crippen MR) is 113 cm³/mol. The molecule has 0 aliphatic carbocycles. The van der Waals surface area contributed by atoms with Crippen molar-refractivity contribution in [1.82, 2.24) is 5.32 Å². The summed E-state index contributed by atoms with van der Waals surface area (Å²) in [4.78, 5) is 36.0. The van der Waals surface area contributed by atoms with Crippen LogP contribution < -0.4 is 5.32 Å². The smallest absolute Gasteiger partial charge is 0.308 e. The lowest BCUT2D eigenvalue weighted by Gasteiger charge is -2.29. The van der Waals surface area contributed by atoms with Crippen molar-refractivity contribution in [3.05, 3.63) is 35.9 Å². The van der Waals surface area contributed by atoms with Gasteiger partial charge in [-0.3, -0.25) is 14.4 Å². The van der Waals surface area contributed by atoms with Crippen LogP contribution in [0.5, 0.6) is 0 Å². The zero-order valence-corrected chi connectivity index (χ0v) is 18.5. The van der Waals surface area contributed by atoms with E-state index in [-0.39, 0.29) is 44.0 Å². The summed E-state index contributed by atoms with van der Waals surface area (Å²) in [6.45, 7) is 7.56. The van der Waals surface area contributed by atoms with Gasteiger partial charge in [0.15, 0.2) is 0 Å². The second-order valence-corrected chi connectivity index (χ2v) is 8.05. The number of ether oxygens (including phenoxy) is 2. The molecule has 0 spiro atoms. The Balaban J connectivity index is 2.30. The van der Waals surface area contributed by atoms with Crippen molar-refractivity contribution in [3.63, 3.8) is 0 Å². The van der Waals surface area contributed by atoms with E-state index in [2.05, 4.69) is 5.32 Å². The minimum Gasteiger partial charge on any atom is -0.465 e. The predicted octanol–water partition coefficient (Wildman–Crippen LogP) is 2.99. The normalized spacial score (nSPS) is 12.3. The van der Waals surface area contributed by atoms with E-state index in [9.17, 15) is 19.5 Å². The van der Waals surface area contributed by atoms with Gasteiger partial charge < -0.3 is 19.9 Å². The first-order valence-corrected chi connectivity index (χ1v) is 10.5. The maximum absolute atomic E-state index is 12.2. The van der Waals surface area contributed by atoms with E-state index in [1.807, 2.05) is 44.2 Å². The third kappa shape index (κ3) is 8.95. The van der Waals surface area contributed by atoms with Gasteiger partial charge in [0.1, 0.15) is 12.7 Å². The van der Waals surface area contributed by atoms with Crippen LogP contribution in [0.3, 0.4) is 0 Å². The molecule has 0 saturated carbocycles. The largest absolute Gasteiger partial charge is 0.465 e. The molecule has 1 amide bonds. The summed E-state index contributed by atoms with van der Waals surface area (Å²) in [7, 11) is 0. The van der Waals surface area contributed by atoms with E-state index in [1.54, 1.807) is 13.8 Å². The summed E-state index contributed by atoms with van der Waals surface area (Å²) >= 11 is 0. The Kier molecular flexibility index (Phi) is 11.1. The zero-order valence-electron chi connectivity index (χ0n) is 18.5. The van der Waals surface area contributed by atoms with Crippen molar-refractivity contribution < 1.29 is 29.0 Å². The number of carbonyl (C=O) groups excluding carboxylic acids is 3. The molecule has 1 atom stereocenters. The number of aliphatic hydroxyl groups excluding tert-OH is 1. The van der Waals surface area contributed by atoms with Gasteiger partial charge in [-0.2, -0.15) is 0 Å². The fraction of sp³-hybridized carbons (Fsp3) is 0.609. The molecule has 0 aliphatic rings. The van der Waals surface area contributed by atoms with Crippen molar-refractivity contribution in [2.24, 2.45) is 11.3 Å². The molecular formula is C23H35NO6. The molecule has 0 heterocycles. The van der Waals surface area contributed by atoms with E-state index in [0.717, 1.165) is 5.56 Å². The summed E-state index contributed by atoms with van der Waals surface area (Å²) in [5, 5.41) is 12.9. The van der Waals surface area contributed by atoms with Crippen molar-refractivity contribution >= 4 is 17.8 Å². The molecule has 168 valence electrons. The highest BCUT2D eigenvalue weighted by Gasteiger charge is 2.35. The monoisotopic (exact) mass is 421 g/mol. The SMILES string of the molecule is CCC(CC)C(=O)OCC(C)(C)C(O)C(=O)NCCCC(=O)OCc1ccccc1. The van der Waals surface area contributed by atoms with Gasteiger partial charge in [-0.05, 0) is 24.8 Å². The van der Waals surface area contributed by atoms with Crippen LogP contribution in [0.2, 0.25) is 0 Å². The van der Waals surface area contributed by atoms with Crippen LogP contribution in [-0.2, 0) is 30.5 Å². The minimum atomic E-state index is -1.34. The molecule has 0 saturated heterocycles. The molecule has 0 bridgehead atoms. The number of rotatable bonds is 13. The Morgan fingerprint density at radius 1 is 1.07 bits per heavy atom. The van der Waals surface area contributed by atoms with Crippen LogP contribution in [0.1, 0.15) is 58.9 Å². The van der Waals surface area contributed by atoms with Gasteiger partial charge in [-0.15, -0.1) is 0 Å². The molecule has 0 aliphatic heterocycles. The molecular weight excluding hydrogens is 386 g/mol. The summed E-state index contributed by atoms with van der Waals surface area (Å²) in [5.74, 6) is -1.39. The molecule has 7 nitrogen and oxygen atoms in total. The number of hydrogen-bond donors (Lipinski definition) is 2. The van der Waals surface area contributed by atoms with Crippen LogP contribution in [0.25, 0.3) is 0 Å². The second kappa shape index (κ2) is 13.0. The lowest BCUT2D eigenvalue weighted by Crippen LogP contribution is -2.46. The number of benzene rings is 1. The van der Waals surface area contributed by atoms with E-state index >= 15 is 0 Å². The highest BCUT2D eigenvalue weighted by atomic mass is 16.5. The average Bonchev–Trinajstić information content (AvgIpc) is 2.74. The Morgan fingerprint density at radius 3 is 2.30 bits per heavy atom. The lowest BCUT2D eigenvalue weighted by molar-refractivity contribution is -0.157. The number of hydrogen-bond acceptors (Lipinski definition) is 6. The molecule has 1 unspecified atom stereocenters. The lowest BCUT2D eigenvalue weighted by atomic mass is 9.87. The number of carbonyl (C=O) groups is 3. The first-order chi connectivity index (χ1) is 14.2. The topological polar surface area (TPSA) is 102 Å². The summed E-state index contributed by atoms with van der Waals surface area (Å²) < 4.78 is 10.5. The first kappa shape index (κ1) is 25.6. The average molecular weight is 422 g/mol.